The number of para-hydroxylation sites is 1. The van der Waals surface area contributed by atoms with E-state index in [9.17, 15) is 9.59 Å². The fourth-order valence-corrected chi connectivity index (χ4v) is 2.86. The first-order valence-electron chi connectivity index (χ1n) is 9.23. The number of nitrogens with zero attached hydrogens (tertiary/aromatic N) is 2. The normalized spacial score (nSPS) is 13.0. The number of urea groups is 1. The van der Waals surface area contributed by atoms with Crippen LogP contribution in [0.5, 0.6) is 0 Å². The topological polar surface area (TPSA) is 88.1 Å². The smallest absolute Gasteiger partial charge is 0.319 e. The zero-order chi connectivity index (χ0) is 19.3. The quantitative estimate of drug-likeness (QED) is 0.619. The van der Waals surface area contributed by atoms with Crippen LogP contribution in [-0.4, -0.2) is 27.8 Å². The molecule has 0 atom stereocenters. The molecule has 3 amide bonds. The number of nitrogens with one attached hydrogen (secondary N) is 3. The highest BCUT2D eigenvalue weighted by Crippen LogP contribution is 2.19. The molecule has 0 aliphatic heterocycles. The average molecular weight is 375 g/mol. The summed E-state index contributed by atoms with van der Waals surface area (Å²) in [6.45, 7) is 0.388. The third-order valence-corrected chi connectivity index (χ3v) is 4.50. The number of rotatable bonds is 6. The maximum Gasteiger partial charge on any atom is 0.319 e. The highest BCUT2D eigenvalue weighted by molar-refractivity contribution is 5.95. The van der Waals surface area contributed by atoms with E-state index in [1.807, 2.05) is 36.5 Å². The lowest BCUT2D eigenvalue weighted by molar-refractivity contribution is 0.0951. The van der Waals surface area contributed by atoms with Gasteiger partial charge in [0, 0.05) is 36.2 Å². The van der Waals surface area contributed by atoms with Crippen molar-refractivity contribution in [3.8, 4) is 5.69 Å². The zero-order valence-corrected chi connectivity index (χ0v) is 15.3. The van der Waals surface area contributed by atoms with Gasteiger partial charge in [-0.15, -0.1) is 0 Å². The molecule has 7 heteroatoms. The van der Waals surface area contributed by atoms with Gasteiger partial charge in [0.05, 0.1) is 5.69 Å². The number of aromatic nitrogens is 2. The molecule has 1 aliphatic carbocycles. The Morgan fingerprint density at radius 1 is 1.04 bits per heavy atom. The third-order valence-electron chi connectivity index (χ3n) is 4.50. The van der Waals surface area contributed by atoms with Gasteiger partial charge in [-0.2, -0.15) is 5.10 Å². The summed E-state index contributed by atoms with van der Waals surface area (Å²) in [5.41, 5.74) is 3.08. The van der Waals surface area contributed by atoms with Gasteiger partial charge < -0.3 is 16.0 Å². The molecule has 0 unspecified atom stereocenters. The van der Waals surface area contributed by atoms with Gasteiger partial charge in [0.15, 0.2) is 0 Å². The second kappa shape index (κ2) is 7.96. The van der Waals surface area contributed by atoms with E-state index in [0.717, 1.165) is 24.1 Å². The SMILES string of the molecule is O=C(Nc1ccc(C(=O)NCc2ccccc2-n2cccn2)cc1)NC1CC1. The summed E-state index contributed by atoms with van der Waals surface area (Å²) >= 11 is 0. The van der Waals surface area contributed by atoms with Crippen LogP contribution in [0.4, 0.5) is 10.5 Å². The molecule has 4 rings (SSSR count). The van der Waals surface area contributed by atoms with Gasteiger partial charge in [0.2, 0.25) is 0 Å². The van der Waals surface area contributed by atoms with E-state index in [4.69, 9.17) is 0 Å². The van der Waals surface area contributed by atoms with Gasteiger partial charge in [-0.3, -0.25) is 4.79 Å². The Hall–Kier alpha value is -3.61. The predicted octanol–water partition coefficient (Wildman–Crippen LogP) is 3.09. The molecule has 1 saturated carbocycles. The number of carbonyl (C=O) groups excluding carboxylic acids is 2. The van der Waals surface area contributed by atoms with Crippen LogP contribution in [-0.2, 0) is 6.54 Å². The summed E-state index contributed by atoms with van der Waals surface area (Å²) in [4.78, 5) is 24.2. The van der Waals surface area contributed by atoms with Crippen LogP contribution in [0.25, 0.3) is 5.69 Å². The molecule has 7 nitrogen and oxygen atoms in total. The Balaban J connectivity index is 1.36. The summed E-state index contributed by atoms with van der Waals surface area (Å²) in [6.07, 6.45) is 5.66. The Morgan fingerprint density at radius 2 is 1.82 bits per heavy atom. The van der Waals surface area contributed by atoms with E-state index < -0.39 is 0 Å². The van der Waals surface area contributed by atoms with Crippen LogP contribution in [0.3, 0.4) is 0 Å². The molecular formula is C21H21N5O2. The van der Waals surface area contributed by atoms with Crippen molar-refractivity contribution < 1.29 is 9.59 Å². The molecule has 0 spiro atoms. The molecule has 3 aromatic rings. The molecule has 1 heterocycles. The molecule has 2 aromatic carbocycles. The number of benzene rings is 2. The molecular weight excluding hydrogens is 354 g/mol. The highest BCUT2D eigenvalue weighted by atomic mass is 16.2. The maximum atomic E-state index is 12.5. The number of hydrogen-bond acceptors (Lipinski definition) is 3. The predicted molar refractivity (Wildman–Crippen MR) is 106 cm³/mol. The second-order valence-corrected chi connectivity index (χ2v) is 6.71. The molecule has 0 bridgehead atoms. The monoisotopic (exact) mass is 375 g/mol. The summed E-state index contributed by atoms with van der Waals surface area (Å²) in [7, 11) is 0. The Morgan fingerprint density at radius 3 is 2.54 bits per heavy atom. The van der Waals surface area contributed by atoms with Gasteiger partial charge >= 0.3 is 6.03 Å². The largest absolute Gasteiger partial charge is 0.348 e. The standard InChI is InChI=1S/C21H21N5O2/c27-20(15-6-8-17(9-7-15)24-21(28)25-18-10-11-18)22-14-16-4-1-2-5-19(16)26-13-3-12-23-26/h1-9,12-13,18H,10-11,14H2,(H,22,27)(H2,24,25,28). The van der Waals surface area contributed by atoms with Crippen LogP contribution in [0.1, 0.15) is 28.8 Å². The lowest BCUT2D eigenvalue weighted by Gasteiger charge is -2.11. The molecule has 142 valence electrons. The van der Waals surface area contributed by atoms with E-state index in [-0.39, 0.29) is 11.9 Å². The summed E-state index contributed by atoms with van der Waals surface area (Å²) < 4.78 is 1.77. The number of hydrogen-bond donors (Lipinski definition) is 3. The van der Waals surface area contributed by atoms with Crippen LogP contribution in [0, 0.1) is 0 Å². The van der Waals surface area contributed by atoms with E-state index in [2.05, 4.69) is 21.0 Å². The Bertz CT molecular complexity index is 963. The minimum absolute atomic E-state index is 0.177. The molecule has 1 aromatic heterocycles. The first-order valence-corrected chi connectivity index (χ1v) is 9.23. The molecule has 1 aliphatic rings. The zero-order valence-electron chi connectivity index (χ0n) is 15.3. The van der Waals surface area contributed by atoms with Gasteiger partial charge in [-0.05, 0) is 54.8 Å². The van der Waals surface area contributed by atoms with Crippen molar-refractivity contribution in [2.24, 2.45) is 0 Å². The van der Waals surface area contributed by atoms with Crippen LogP contribution in [0.15, 0.2) is 67.0 Å². The van der Waals surface area contributed by atoms with E-state index in [1.54, 1.807) is 35.1 Å². The summed E-state index contributed by atoms with van der Waals surface area (Å²) in [5.74, 6) is -0.177. The highest BCUT2D eigenvalue weighted by Gasteiger charge is 2.23. The molecule has 0 saturated heterocycles. The minimum Gasteiger partial charge on any atom is -0.348 e. The van der Waals surface area contributed by atoms with Crippen molar-refractivity contribution in [1.29, 1.82) is 0 Å². The van der Waals surface area contributed by atoms with Crippen LogP contribution < -0.4 is 16.0 Å². The minimum atomic E-state index is -0.213. The van der Waals surface area contributed by atoms with Crippen molar-refractivity contribution in [2.75, 3.05) is 5.32 Å². The molecule has 28 heavy (non-hydrogen) atoms. The van der Waals surface area contributed by atoms with Gasteiger partial charge in [0.1, 0.15) is 0 Å². The first-order chi connectivity index (χ1) is 13.7. The van der Waals surface area contributed by atoms with Crippen molar-refractivity contribution >= 4 is 17.6 Å². The molecule has 3 N–H and O–H groups in total. The maximum absolute atomic E-state index is 12.5. The Labute approximate surface area is 162 Å². The number of amides is 3. The van der Waals surface area contributed by atoms with Gasteiger partial charge in [-0.25, -0.2) is 9.48 Å². The lowest BCUT2D eigenvalue weighted by atomic mass is 10.1. The third kappa shape index (κ3) is 4.37. The van der Waals surface area contributed by atoms with Crippen molar-refractivity contribution in [3.63, 3.8) is 0 Å². The van der Waals surface area contributed by atoms with Crippen molar-refractivity contribution in [2.45, 2.75) is 25.4 Å². The van der Waals surface area contributed by atoms with Crippen LogP contribution >= 0.6 is 0 Å². The van der Waals surface area contributed by atoms with Gasteiger partial charge in [-0.1, -0.05) is 18.2 Å². The average Bonchev–Trinajstić information content (AvgIpc) is 3.35. The van der Waals surface area contributed by atoms with E-state index >= 15 is 0 Å². The Kier molecular flexibility index (Phi) is 5.05. The van der Waals surface area contributed by atoms with Crippen molar-refractivity contribution in [1.82, 2.24) is 20.4 Å². The summed E-state index contributed by atoms with van der Waals surface area (Å²) in [5, 5.41) is 12.8. The summed E-state index contributed by atoms with van der Waals surface area (Å²) in [6, 6.07) is 16.6. The van der Waals surface area contributed by atoms with Crippen molar-refractivity contribution in [3.05, 3.63) is 78.1 Å². The van der Waals surface area contributed by atoms with Crippen LogP contribution in [0.2, 0.25) is 0 Å². The fourth-order valence-electron chi connectivity index (χ4n) is 2.86. The lowest BCUT2D eigenvalue weighted by Crippen LogP contribution is -2.30. The van der Waals surface area contributed by atoms with E-state index in [0.29, 0.717) is 23.8 Å². The van der Waals surface area contributed by atoms with Gasteiger partial charge in [0.25, 0.3) is 5.91 Å². The number of anilines is 1. The van der Waals surface area contributed by atoms with E-state index in [1.165, 1.54) is 0 Å². The fraction of sp³-hybridized carbons (Fsp3) is 0.190. The molecule has 1 fully saturated rings. The molecule has 0 radical (unpaired) electrons. The first kappa shape index (κ1) is 17.8. The second-order valence-electron chi connectivity index (χ2n) is 6.71. The number of carbonyl (C=O) groups is 2.